The molecule has 3 atom stereocenters. The average molecular weight is 268 g/mol. The Kier molecular flexibility index (Phi) is 5.67. The van der Waals surface area contributed by atoms with Crippen molar-refractivity contribution in [2.75, 3.05) is 6.61 Å². The zero-order chi connectivity index (χ0) is 13.7. The first-order chi connectivity index (χ1) is 9.21. The normalized spacial score (nSPS) is 30.2. The maximum atomic E-state index is 6.20. The Morgan fingerprint density at radius 2 is 2.05 bits per heavy atom. The fourth-order valence-corrected chi connectivity index (χ4v) is 4.32. The first-order valence-electron chi connectivity index (χ1n) is 8.31. The number of hydrazine groups is 1. The third-order valence-electron chi connectivity index (χ3n) is 5.35. The van der Waals surface area contributed by atoms with Crippen molar-refractivity contribution in [2.45, 2.75) is 83.3 Å². The van der Waals surface area contributed by atoms with Crippen LogP contribution in [0, 0.1) is 11.8 Å². The van der Waals surface area contributed by atoms with Gasteiger partial charge in [0.2, 0.25) is 0 Å². The molecule has 2 fully saturated rings. The molecule has 19 heavy (non-hydrogen) atoms. The summed E-state index contributed by atoms with van der Waals surface area (Å²) in [7, 11) is 0. The molecular weight excluding hydrogens is 236 g/mol. The predicted molar refractivity (Wildman–Crippen MR) is 79.7 cm³/mol. The van der Waals surface area contributed by atoms with Crippen LogP contribution in [0.3, 0.4) is 0 Å². The molecule has 3 nitrogen and oxygen atoms in total. The minimum absolute atomic E-state index is 0.197. The molecule has 1 aliphatic heterocycles. The zero-order valence-electron chi connectivity index (χ0n) is 12.8. The zero-order valence-corrected chi connectivity index (χ0v) is 12.8. The van der Waals surface area contributed by atoms with Crippen LogP contribution in [0.25, 0.3) is 0 Å². The predicted octanol–water partition coefficient (Wildman–Crippen LogP) is 3.38. The van der Waals surface area contributed by atoms with Gasteiger partial charge in [0.25, 0.3) is 0 Å². The van der Waals surface area contributed by atoms with E-state index in [2.05, 4.69) is 19.3 Å². The molecule has 0 aromatic carbocycles. The molecule has 2 aliphatic rings. The molecule has 1 saturated heterocycles. The van der Waals surface area contributed by atoms with Gasteiger partial charge in [-0.15, -0.1) is 0 Å². The topological polar surface area (TPSA) is 47.3 Å². The van der Waals surface area contributed by atoms with Gasteiger partial charge >= 0.3 is 0 Å². The Balaban J connectivity index is 1.98. The maximum absolute atomic E-state index is 6.20. The van der Waals surface area contributed by atoms with Gasteiger partial charge in [-0.05, 0) is 43.9 Å². The molecule has 3 heteroatoms. The van der Waals surface area contributed by atoms with Gasteiger partial charge in [-0.25, -0.2) is 0 Å². The molecule has 0 bridgehead atoms. The third-order valence-corrected chi connectivity index (χ3v) is 5.35. The molecule has 0 radical (unpaired) electrons. The van der Waals surface area contributed by atoms with Crippen molar-refractivity contribution >= 4 is 0 Å². The summed E-state index contributed by atoms with van der Waals surface area (Å²) in [4.78, 5) is 0. The SMILES string of the molecule is CCCC(C)C(NN)C1CCOC2(CCCCC2)C1. The van der Waals surface area contributed by atoms with Crippen molar-refractivity contribution in [1.82, 2.24) is 5.43 Å². The van der Waals surface area contributed by atoms with Crippen molar-refractivity contribution < 1.29 is 4.74 Å². The Morgan fingerprint density at radius 3 is 2.68 bits per heavy atom. The van der Waals surface area contributed by atoms with Crippen LogP contribution in [0.2, 0.25) is 0 Å². The molecule has 112 valence electrons. The molecule has 1 spiro atoms. The number of nitrogens with one attached hydrogen (secondary N) is 1. The van der Waals surface area contributed by atoms with E-state index in [1.54, 1.807) is 0 Å². The van der Waals surface area contributed by atoms with Crippen LogP contribution in [0.15, 0.2) is 0 Å². The highest BCUT2D eigenvalue weighted by atomic mass is 16.5. The lowest BCUT2D eigenvalue weighted by Gasteiger charge is -2.46. The monoisotopic (exact) mass is 268 g/mol. The highest BCUT2D eigenvalue weighted by molar-refractivity contribution is 4.93. The minimum atomic E-state index is 0.197. The molecule has 0 aromatic heterocycles. The summed E-state index contributed by atoms with van der Waals surface area (Å²) in [6, 6.07) is 0.461. The molecule has 2 rings (SSSR count). The molecule has 1 saturated carbocycles. The van der Waals surface area contributed by atoms with Gasteiger partial charge in [-0.3, -0.25) is 11.3 Å². The van der Waals surface area contributed by atoms with E-state index in [9.17, 15) is 0 Å². The number of ether oxygens (including phenoxy) is 1. The van der Waals surface area contributed by atoms with E-state index in [1.807, 2.05) is 0 Å². The molecule has 0 aromatic rings. The van der Waals surface area contributed by atoms with Crippen molar-refractivity contribution in [1.29, 1.82) is 0 Å². The first kappa shape index (κ1) is 15.3. The van der Waals surface area contributed by atoms with E-state index in [4.69, 9.17) is 10.6 Å². The van der Waals surface area contributed by atoms with Gasteiger partial charge in [0.1, 0.15) is 0 Å². The molecule has 0 amide bonds. The molecule has 3 N–H and O–H groups in total. The Bertz CT molecular complexity index is 258. The van der Waals surface area contributed by atoms with Crippen molar-refractivity contribution in [2.24, 2.45) is 17.7 Å². The van der Waals surface area contributed by atoms with Crippen LogP contribution >= 0.6 is 0 Å². The number of rotatable bonds is 5. The quantitative estimate of drug-likeness (QED) is 0.593. The summed E-state index contributed by atoms with van der Waals surface area (Å²) in [6.07, 6.45) is 11.5. The van der Waals surface area contributed by atoms with Crippen LogP contribution in [0.4, 0.5) is 0 Å². The third kappa shape index (κ3) is 3.71. The second kappa shape index (κ2) is 7.05. The van der Waals surface area contributed by atoms with Crippen molar-refractivity contribution in [3.05, 3.63) is 0 Å². The summed E-state index contributed by atoms with van der Waals surface area (Å²) >= 11 is 0. The first-order valence-corrected chi connectivity index (χ1v) is 8.31. The fourth-order valence-electron chi connectivity index (χ4n) is 4.32. The molecule has 1 aliphatic carbocycles. The largest absolute Gasteiger partial charge is 0.375 e. The Labute approximate surface area is 118 Å². The average Bonchev–Trinajstić information content (AvgIpc) is 2.41. The van der Waals surface area contributed by atoms with E-state index in [1.165, 1.54) is 57.8 Å². The van der Waals surface area contributed by atoms with Crippen LogP contribution < -0.4 is 11.3 Å². The Morgan fingerprint density at radius 1 is 1.32 bits per heavy atom. The smallest absolute Gasteiger partial charge is 0.0685 e. The highest BCUT2D eigenvalue weighted by Gasteiger charge is 2.41. The summed E-state index contributed by atoms with van der Waals surface area (Å²) in [6.45, 7) is 5.54. The summed E-state index contributed by atoms with van der Waals surface area (Å²) in [5.41, 5.74) is 3.32. The van der Waals surface area contributed by atoms with Crippen LogP contribution in [-0.2, 0) is 4.74 Å². The van der Waals surface area contributed by atoms with Gasteiger partial charge in [0.15, 0.2) is 0 Å². The van der Waals surface area contributed by atoms with Crippen molar-refractivity contribution in [3.8, 4) is 0 Å². The van der Waals surface area contributed by atoms with Gasteiger partial charge < -0.3 is 4.74 Å². The van der Waals surface area contributed by atoms with E-state index in [0.717, 1.165) is 6.61 Å². The lowest BCUT2D eigenvalue weighted by Crippen LogP contribution is -2.51. The second-order valence-corrected chi connectivity index (χ2v) is 6.80. The summed E-state index contributed by atoms with van der Waals surface area (Å²) < 4.78 is 6.20. The molecular formula is C16H32N2O. The van der Waals surface area contributed by atoms with E-state index < -0.39 is 0 Å². The maximum Gasteiger partial charge on any atom is 0.0685 e. The number of nitrogens with two attached hydrogens (primary N) is 1. The van der Waals surface area contributed by atoms with Gasteiger partial charge in [0, 0.05) is 12.6 Å². The van der Waals surface area contributed by atoms with Gasteiger partial charge in [-0.1, -0.05) is 39.5 Å². The van der Waals surface area contributed by atoms with E-state index in [0.29, 0.717) is 17.9 Å². The summed E-state index contributed by atoms with van der Waals surface area (Å²) in [5.74, 6) is 7.22. The molecule has 1 heterocycles. The second-order valence-electron chi connectivity index (χ2n) is 6.80. The van der Waals surface area contributed by atoms with Crippen LogP contribution in [-0.4, -0.2) is 18.2 Å². The van der Waals surface area contributed by atoms with E-state index >= 15 is 0 Å². The summed E-state index contributed by atoms with van der Waals surface area (Å²) in [5, 5.41) is 0. The standard InChI is InChI=1S/C16H32N2O/c1-3-7-13(2)15(18-17)14-8-11-19-16(12-14)9-5-4-6-10-16/h13-15,18H,3-12,17H2,1-2H3. The van der Waals surface area contributed by atoms with E-state index in [-0.39, 0.29) is 5.60 Å². The lowest BCUT2D eigenvalue weighted by molar-refractivity contribution is -0.124. The fraction of sp³-hybridized carbons (Fsp3) is 1.00. The van der Waals surface area contributed by atoms with Crippen LogP contribution in [0.1, 0.15) is 71.6 Å². The van der Waals surface area contributed by atoms with Crippen LogP contribution in [0.5, 0.6) is 0 Å². The Hall–Kier alpha value is -0.120. The molecule has 3 unspecified atom stereocenters. The van der Waals surface area contributed by atoms with Crippen molar-refractivity contribution in [3.63, 3.8) is 0 Å². The van der Waals surface area contributed by atoms with Gasteiger partial charge in [0.05, 0.1) is 5.60 Å². The van der Waals surface area contributed by atoms with Gasteiger partial charge in [-0.2, -0.15) is 0 Å². The lowest BCUT2D eigenvalue weighted by atomic mass is 9.72. The highest BCUT2D eigenvalue weighted by Crippen LogP contribution is 2.42. The minimum Gasteiger partial charge on any atom is -0.375 e. The number of hydrogen-bond donors (Lipinski definition) is 2. The number of hydrogen-bond acceptors (Lipinski definition) is 3.